The molecule has 26 heavy (non-hydrogen) atoms. The first-order valence-corrected chi connectivity index (χ1v) is 9.70. The molecule has 0 aromatic heterocycles. The lowest BCUT2D eigenvalue weighted by atomic mass is 9.97. The summed E-state index contributed by atoms with van der Waals surface area (Å²) < 4.78 is 5.64. The first-order valence-electron chi connectivity index (χ1n) is 9.70. The van der Waals surface area contributed by atoms with Gasteiger partial charge in [-0.05, 0) is 69.7 Å². The van der Waals surface area contributed by atoms with E-state index in [-0.39, 0.29) is 30.5 Å². The van der Waals surface area contributed by atoms with Gasteiger partial charge in [-0.25, -0.2) is 0 Å². The van der Waals surface area contributed by atoms with Gasteiger partial charge in [-0.15, -0.1) is 0 Å². The lowest BCUT2D eigenvalue weighted by Crippen LogP contribution is -2.49. The van der Waals surface area contributed by atoms with E-state index < -0.39 is 0 Å². The van der Waals surface area contributed by atoms with E-state index in [9.17, 15) is 9.59 Å². The first kappa shape index (κ1) is 20.3. The predicted molar refractivity (Wildman–Crippen MR) is 103 cm³/mol. The van der Waals surface area contributed by atoms with Gasteiger partial charge < -0.3 is 15.0 Å². The number of piperidine rings is 1. The number of benzene rings is 1. The van der Waals surface area contributed by atoms with Crippen molar-refractivity contribution in [3.05, 3.63) is 29.8 Å². The average Bonchev–Trinajstić information content (AvgIpc) is 2.60. The standard InChI is InChI=1S/C21H32N2O3/c1-15(2)12-13-22-21(25)18-8-10-19(11-9-18)26-14-20(24)23-16(3)6-5-7-17(23)4/h8-11,15-17H,5-7,12-14H2,1-4H3,(H,22,25). The third-order valence-corrected chi connectivity index (χ3v) is 4.97. The Bertz CT molecular complexity index is 588. The van der Waals surface area contributed by atoms with E-state index in [1.54, 1.807) is 24.3 Å². The SMILES string of the molecule is CC(C)CCNC(=O)c1ccc(OCC(=O)N2C(C)CCCC2C)cc1. The lowest BCUT2D eigenvalue weighted by molar-refractivity contribution is -0.139. The van der Waals surface area contributed by atoms with Gasteiger partial charge in [0.2, 0.25) is 0 Å². The third kappa shape index (κ3) is 5.75. The van der Waals surface area contributed by atoms with Crippen molar-refractivity contribution in [2.75, 3.05) is 13.2 Å². The van der Waals surface area contributed by atoms with Gasteiger partial charge in [0.1, 0.15) is 5.75 Å². The van der Waals surface area contributed by atoms with Crippen LogP contribution in [0.25, 0.3) is 0 Å². The molecule has 0 saturated carbocycles. The highest BCUT2D eigenvalue weighted by molar-refractivity contribution is 5.94. The Hall–Kier alpha value is -2.04. The molecule has 5 nitrogen and oxygen atoms in total. The van der Waals surface area contributed by atoms with Gasteiger partial charge in [0.25, 0.3) is 11.8 Å². The molecule has 2 rings (SSSR count). The van der Waals surface area contributed by atoms with Gasteiger partial charge in [-0.3, -0.25) is 9.59 Å². The van der Waals surface area contributed by atoms with Crippen molar-refractivity contribution < 1.29 is 14.3 Å². The molecule has 0 radical (unpaired) electrons. The summed E-state index contributed by atoms with van der Waals surface area (Å²) in [6, 6.07) is 7.49. The summed E-state index contributed by atoms with van der Waals surface area (Å²) in [5.74, 6) is 1.12. The van der Waals surface area contributed by atoms with E-state index in [4.69, 9.17) is 4.74 Å². The second kappa shape index (κ2) is 9.60. The van der Waals surface area contributed by atoms with Crippen LogP contribution in [0.3, 0.4) is 0 Å². The molecule has 1 aromatic carbocycles. The zero-order chi connectivity index (χ0) is 19.1. The molecule has 5 heteroatoms. The summed E-state index contributed by atoms with van der Waals surface area (Å²) in [5, 5.41) is 2.91. The Labute approximate surface area is 157 Å². The highest BCUT2D eigenvalue weighted by Gasteiger charge is 2.28. The smallest absolute Gasteiger partial charge is 0.260 e. The molecule has 1 aliphatic rings. The number of carbonyl (C=O) groups is 2. The zero-order valence-corrected chi connectivity index (χ0v) is 16.5. The number of hydrogen-bond donors (Lipinski definition) is 1. The second-order valence-electron chi connectivity index (χ2n) is 7.68. The number of amides is 2. The van der Waals surface area contributed by atoms with Crippen LogP contribution >= 0.6 is 0 Å². The molecule has 144 valence electrons. The second-order valence-corrected chi connectivity index (χ2v) is 7.68. The average molecular weight is 360 g/mol. The molecule has 0 bridgehead atoms. The van der Waals surface area contributed by atoms with E-state index >= 15 is 0 Å². The van der Waals surface area contributed by atoms with Crippen molar-refractivity contribution in [1.82, 2.24) is 10.2 Å². The van der Waals surface area contributed by atoms with Crippen LogP contribution in [-0.4, -0.2) is 41.9 Å². The number of ether oxygens (including phenoxy) is 1. The van der Waals surface area contributed by atoms with Crippen LogP contribution in [0, 0.1) is 5.92 Å². The van der Waals surface area contributed by atoms with Crippen LogP contribution in [0.2, 0.25) is 0 Å². The van der Waals surface area contributed by atoms with Crippen molar-refractivity contribution in [2.24, 2.45) is 5.92 Å². The normalized spacial score (nSPS) is 20.1. The minimum atomic E-state index is -0.0794. The van der Waals surface area contributed by atoms with E-state index in [1.807, 2.05) is 4.90 Å². The molecule has 0 aliphatic carbocycles. The van der Waals surface area contributed by atoms with Crippen molar-refractivity contribution in [3.8, 4) is 5.75 Å². The van der Waals surface area contributed by atoms with Crippen LogP contribution in [0.4, 0.5) is 0 Å². The topological polar surface area (TPSA) is 58.6 Å². The lowest BCUT2D eigenvalue weighted by Gasteiger charge is -2.38. The molecule has 2 unspecified atom stereocenters. The van der Waals surface area contributed by atoms with Gasteiger partial charge in [-0.1, -0.05) is 13.8 Å². The highest BCUT2D eigenvalue weighted by Crippen LogP contribution is 2.23. The summed E-state index contributed by atoms with van der Waals surface area (Å²) in [5.41, 5.74) is 0.603. The Balaban J connectivity index is 1.83. The van der Waals surface area contributed by atoms with E-state index in [0.29, 0.717) is 23.8 Å². The molecule has 0 spiro atoms. The van der Waals surface area contributed by atoms with Gasteiger partial charge >= 0.3 is 0 Å². The minimum absolute atomic E-state index is 0.0280. The Kier molecular flexibility index (Phi) is 7.49. The van der Waals surface area contributed by atoms with Gasteiger partial charge in [0.15, 0.2) is 6.61 Å². The number of rotatable bonds is 7. The number of carbonyl (C=O) groups excluding carboxylic acids is 2. The molecule has 1 aromatic rings. The number of nitrogens with one attached hydrogen (secondary N) is 1. The maximum atomic E-state index is 12.5. The molecular formula is C21H32N2O3. The summed E-state index contributed by atoms with van der Waals surface area (Å²) >= 11 is 0. The molecule has 2 amide bonds. The van der Waals surface area contributed by atoms with Crippen LogP contribution in [0.1, 0.15) is 63.7 Å². The molecule has 1 aliphatic heterocycles. The predicted octanol–water partition coefficient (Wildman–Crippen LogP) is 3.63. The third-order valence-electron chi connectivity index (χ3n) is 4.97. The molecule has 1 fully saturated rings. The minimum Gasteiger partial charge on any atom is -0.484 e. The van der Waals surface area contributed by atoms with Gasteiger partial charge in [-0.2, -0.15) is 0 Å². The molecule has 1 N–H and O–H groups in total. The fourth-order valence-electron chi connectivity index (χ4n) is 3.41. The van der Waals surface area contributed by atoms with Crippen LogP contribution in [-0.2, 0) is 4.79 Å². The maximum absolute atomic E-state index is 12.5. The van der Waals surface area contributed by atoms with E-state index in [1.165, 1.54) is 6.42 Å². The van der Waals surface area contributed by atoms with Crippen LogP contribution < -0.4 is 10.1 Å². The van der Waals surface area contributed by atoms with Crippen molar-refractivity contribution >= 4 is 11.8 Å². The summed E-state index contributed by atoms with van der Waals surface area (Å²) in [4.78, 5) is 26.5. The quantitative estimate of drug-likeness (QED) is 0.808. The van der Waals surface area contributed by atoms with Crippen molar-refractivity contribution in [2.45, 2.75) is 65.5 Å². The summed E-state index contributed by atoms with van der Waals surface area (Å²) in [6.07, 6.45) is 4.24. The van der Waals surface area contributed by atoms with Crippen molar-refractivity contribution in [1.29, 1.82) is 0 Å². The number of likely N-dealkylation sites (tertiary alicyclic amines) is 1. The summed E-state index contributed by atoms with van der Waals surface area (Å²) in [6.45, 7) is 9.17. The largest absolute Gasteiger partial charge is 0.484 e. The van der Waals surface area contributed by atoms with Gasteiger partial charge in [0, 0.05) is 24.2 Å². The highest BCUT2D eigenvalue weighted by atomic mass is 16.5. The fourth-order valence-corrected chi connectivity index (χ4v) is 3.41. The Morgan fingerprint density at radius 1 is 1.15 bits per heavy atom. The Morgan fingerprint density at radius 3 is 2.35 bits per heavy atom. The molecule has 1 heterocycles. The maximum Gasteiger partial charge on any atom is 0.260 e. The zero-order valence-electron chi connectivity index (χ0n) is 16.5. The first-order chi connectivity index (χ1) is 12.4. The number of hydrogen-bond acceptors (Lipinski definition) is 3. The van der Waals surface area contributed by atoms with Crippen LogP contribution in [0.15, 0.2) is 24.3 Å². The van der Waals surface area contributed by atoms with E-state index in [0.717, 1.165) is 19.3 Å². The summed E-state index contributed by atoms with van der Waals surface area (Å²) in [7, 11) is 0. The van der Waals surface area contributed by atoms with E-state index in [2.05, 4.69) is 33.0 Å². The molecule has 2 atom stereocenters. The molecule has 1 saturated heterocycles. The Morgan fingerprint density at radius 2 is 1.77 bits per heavy atom. The van der Waals surface area contributed by atoms with Crippen LogP contribution in [0.5, 0.6) is 5.75 Å². The van der Waals surface area contributed by atoms with Gasteiger partial charge in [0.05, 0.1) is 0 Å². The molecular weight excluding hydrogens is 328 g/mol. The van der Waals surface area contributed by atoms with Crippen molar-refractivity contribution in [3.63, 3.8) is 0 Å². The fraction of sp³-hybridized carbons (Fsp3) is 0.619. The number of nitrogens with zero attached hydrogens (tertiary/aromatic N) is 1. The monoisotopic (exact) mass is 360 g/mol.